The van der Waals surface area contributed by atoms with Crippen LogP contribution in [0.4, 0.5) is 11.8 Å². The predicted molar refractivity (Wildman–Crippen MR) is 148 cm³/mol. The van der Waals surface area contributed by atoms with Crippen LogP contribution in [-0.2, 0) is 4.74 Å². The van der Waals surface area contributed by atoms with E-state index in [2.05, 4.69) is 41.2 Å². The summed E-state index contributed by atoms with van der Waals surface area (Å²) < 4.78 is 9.63. The molecule has 5 aromatic rings. The molecule has 4 aromatic heterocycles. The highest BCUT2D eigenvalue weighted by atomic mass is 16.5. The summed E-state index contributed by atoms with van der Waals surface area (Å²) in [6.07, 6.45) is 3.68. The van der Waals surface area contributed by atoms with Crippen molar-refractivity contribution in [3.8, 4) is 22.9 Å². The van der Waals surface area contributed by atoms with Gasteiger partial charge in [0.25, 0.3) is 0 Å². The number of benzene rings is 1. The smallest absolute Gasteiger partial charge is 0.239 e. The SMILES string of the molecule is CNc1nc2ccccc2n1-c1nc(-c2c(C)nn(-c3cncc(C)c3)c2C)cc(N2CCOC[C@H]2C)n1. The number of rotatable bonds is 5. The highest BCUT2D eigenvalue weighted by Gasteiger charge is 2.25. The zero-order chi connectivity index (χ0) is 26.4. The molecule has 1 atom stereocenters. The fourth-order valence-corrected chi connectivity index (χ4v) is 5.18. The summed E-state index contributed by atoms with van der Waals surface area (Å²) >= 11 is 0. The topological polar surface area (TPSA) is 98.8 Å². The first-order valence-electron chi connectivity index (χ1n) is 12.8. The van der Waals surface area contributed by atoms with Crippen LogP contribution < -0.4 is 10.2 Å². The molecule has 194 valence electrons. The molecule has 0 amide bonds. The van der Waals surface area contributed by atoms with E-state index in [1.807, 2.05) is 66.8 Å². The first kappa shape index (κ1) is 24.1. The number of para-hydroxylation sites is 2. The number of fused-ring (bicyclic) bond motifs is 1. The average Bonchev–Trinajstić information content (AvgIpc) is 3.45. The maximum Gasteiger partial charge on any atom is 0.239 e. The maximum atomic E-state index is 5.72. The molecule has 1 N–H and O–H groups in total. The lowest BCUT2D eigenvalue weighted by Crippen LogP contribution is -2.44. The van der Waals surface area contributed by atoms with Crippen molar-refractivity contribution in [3.05, 3.63) is 65.7 Å². The summed E-state index contributed by atoms with van der Waals surface area (Å²) in [6, 6.07) is 12.4. The maximum absolute atomic E-state index is 5.72. The molecule has 0 unspecified atom stereocenters. The van der Waals surface area contributed by atoms with Crippen molar-refractivity contribution in [1.29, 1.82) is 0 Å². The third-order valence-electron chi connectivity index (χ3n) is 7.00. The van der Waals surface area contributed by atoms with Gasteiger partial charge in [-0.2, -0.15) is 10.1 Å². The second-order valence-corrected chi connectivity index (χ2v) is 9.72. The minimum atomic E-state index is 0.186. The molecule has 10 heteroatoms. The highest BCUT2D eigenvalue weighted by molar-refractivity contribution is 5.81. The molecule has 5 heterocycles. The molecule has 1 fully saturated rings. The van der Waals surface area contributed by atoms with Gasteiger partial charge < -0.3 is 15.0 Å². The highest BCUT2D eigenvalue weighted by Crippen LogP contribution is 2.32. The van der Waals surface area contributed by atoms with Crippen molar-refractivity contribution in [2.45, 2.75) is 33.7 Å². The molecule has 1 aromatic carbocycles. The van der Waals surface area contributed by atoms with E-state index in [0.717, 1.165) is 57.3 Å². The van der Waals surface area contributed by atoms with Crippen LogP contribution in [0, 0.1) is 20.8 Å². The van der Waals surface area contributed by atoms with E-state index in [4.69, 9.17) is 24.8 Å². The van der Waals surface area contributed by atoms with Gasteiger partial charge in [0.2, 0.25) is 11.9 Å². The Labute approximate surface area is 221 Å². The van der Waals surface area contributed by atoms with E-state index in [-0.39, 0.29) is 6.04 Å². The predicted octanol–water partition coefficient (Wildman–Crippen LogP) is 4.26. The van der Waals surface area contributed by atoms with Gasteiger partial charge in [-0.05, 0) is 51.5 Å². The Morgan fingerprint density at radius 3 is 2.66 bits per heavy atom. The fourth-order valence-electron chi connectivity index (χ4n) is 5.18. The largest absolute Gasteiger partial charge is 0.377 e. The van der Waals surface area contributed by atoms with Crippen LogP contribution in [0.1, 0.15) is 23.9 Å². The van der Waals surface area contributed by atoms with Crippen molar-refractivity contribution < 1.29 is 4.74 Å². The standard InChI is InChI=1S/C28H31N9O/c1-17-12-21(15-30-14-17)37-20(4)26(19(3)34-37)23-13-25(35-10-11-38-16-18(35)2)33-28(32-23)36-24-9-7-6-8-22(24)31-27(36)29-5/h6-9,12-15,18H,10-11,16H2,1-5H3,(H,29,31)/t18-/m1/s1. The van der Waals surface area contributed by atoms with Crippen LogP contribution in [0.25, 0.3) is 33.9 Å². The molecule has 38 heavy (non-hydrogen) atoms. The van der Waals surface area contributed by atoms with Crippen molar-refractivity contribution in [3.63, 3.8) is 0 Å². The molecule has 6 rings (SSSR count). The van der Waals surface area contributed by atoms with Gasteiger partial charge in [-0.1, -0.05) is 12.1 Å². The van der Waals surface area contributed by atoms with Gasteiger partial charge in [0.05, 0.1) is 59.3 Å². The molecular weight excluding hydrogens is 478 g/mol. The van der Waals surface area contributed by atoms with Crippen LogP contribution in [0.2, 0.25) is 0 Å². The number of aromatic nitrogens is 7. The molecular formula is C28H31N9O. The molecule has 0 saturated carbocycles. The monoisotopic (exact) mass is 509 g/mol. The number of nitrogens with one attached hydrogen (secondary N) is 1. The normalized spacial score (nSPS) is 15.8. The first-order chi connectivity index (χ1) is 18.4. The Morgan fingerprint density at radius 2 is 1.87 bits per heavy atom. The van der Waals surface area contributed by atoms with E-state index in [0.29, 0.717) is 25.1 Å². The number of morpholine rings is 1. The first-order valence-corrected chi connectivity index (χ1v) is 12.8. The second kappa shape index (κ2) is 9.53. The van der Waals surface area contributed by atoms with Crippen LogP contribution in [-0.4, -0.2) is 67.1 Å². The molecule has 1 aliphatic heterocycles. The van der Waals surface area contributed by atoms with Crippen molar-refractivity contribution in [1.82, 2.24) is 34.3 Å². The summed E-state index contributed by atoms with van der Waals surface area (Å²) in [5.74, 6) is 2.08. The summed E-state index contributed by atoms with van der Waals surface area (Å²) in [6.45, 7) is 10.4. The minimum absolute atomic E-state index is 0.186. The second-order valence-electron chi connectivity index (χ2n) is 9.72. The summed E-state index contributed by atoms with van der Waals surface area (Å²) in [5, 5.41) is 8.10. The lowest BCUT2D eigenvalue weighted by molar-refractivity contribution is 0.0985. The van der Waals surface area contributed by atoms with E-state index in [1.165, 1.54) is 0 Å². The number of aryl methyl sites for hydroxylation is 2. The van der Waals surface area contributed by atoms with Crippen molar-refractivity contribution in [2.75, 3.05) is 37.0 Å². The molecule has 0 spiro atoms. The van der Waals surface area contributed by atoms with Gasteiger partial charge in [0.15, 0.2) is 0 Å². The van der Waals surface area contributed by atoms with Crippen LogP contribution in [0.3, 0.4) is 0 Å². The van der Waals surface area contributed by atoms with E-state index in [1.54, 1.807) is 0 Å². The van der Waals surface area contributed by atoms with Gasteiger partial charge in [-0.3, -0.25) is 4.98 Å². The Morgan fingerprint density at radius 1 is 1.03 bits per heavy atom. The van der Waals surface area contributed by atoms with E-state index >= 15 is 0 Å². The van der Waals surface area contributed by atoms with E-state index < -0.39 is 0 Å². The lowest BCUT2D eigenvalue weighted by atomic mass is 10.1. The Bertz CT molecular complexity index is 1640. The minimum Gasteiger partial charge on any atom is -0.377 e. The molecule has 1 aliphatic rings. The lowest BCUT2D eigenvalue weighted by Gasteiger charge is -2.34. The van der Waals surface area contributed by atoms with Gasteiger partial charge in [-0.25, -0.2) is 19.2 Å². The third kappa shape index (κ3) is 4.06. The average molecular weight is 510 g/mol. The Balaban J connectivity index is 1.58. The van der Waals surface area contributed by atoms with Crippen LogP contribution in [0.15, 0.2) is 48.8 Å². The quantitative estimate of drug-likeness (QED) is 0.375. The van der Waals surface area contributed by atoms with Crippen LogP contribution in [0.5, 0.6) is 0 Å². The molecule has 0 bridgehead atoms. The number of imidazole rings is 1. The number of anilines is 2. The zero-order valence-corrected chi connectivity index (χ0v) is 22.3. The molecule has 10 nitrogen and oxygen atoms in total. The molecule has 0 radical (unpaired) electrons. The molecule has 1 saturated heterocycles. The number of hydrogen-bond donors (Lipinski definition) is 1. The Kier molecular flexibility index (Phi) is 6.03. The summed E-state index contributed by atoms with van der Waals surface area (Å²) in [5.41, 5.74) is 7.48. The van der Waals surface area contributed by atoms with Gasteiger partial charge >= 0.3 is 0 Å². The number of hydrogen-bond acceptors (Lipinski definition) is 8. The van der Waals surface area contributed by atoms with Gasteiger partial charge in [0.1, 0.15) is 5.82 Å². The van der Waals surface area contributed by atoms with Crippen molar-refractivity contribution in [2.24, 2.45) is 0 Å². The third-order valence-corrected chi connectivity index (χ3v) is 7.00. The summed E-state index contributed by atoms with van der Waals surface area (Å²) in [4.78, 5) is 21.6. The van der Waals surface area contributed by atoms with Gasteiger partial charge in [-0.15, -0.1) is 0 Å². The molecule has 0 aliphatic carbocycles. The van der Waals surface area contributed by atoms with Crippen molar-refractivity contribution >= 4 is 22.8 Å². The zero-order valence-electron chi connectivity index (χ0n) is 22.3. The number of pyridine rings is 1. The summed E-state index contributed by atoms with van der Waals surface area (Å²) in [7, 11) is 1.86. The number of ether oxygens (including phenoxy) is 1. The van der Waals surface area contributed by atoms with E-state index in [9.17, 15) is 0 Å². The number of nitrogens with zero attached hydrogens (tertiary/aromatic N) is 8. The van der Waals surface area contributed by atoms with Gasteiger partial charge in [0, 0.05) is 31.4 Å². The fraction of sp³-hybridized carbons (Fsp3) is 0.321. The Hall–Kier alpha value is -4.31. The van der Waals surface area contributed by atoms with Crippen LogP contribution >= 0.6 is 0 Å².